The van der Waals surface area contributed by atoms with E-state index in [1.54, 1.807) is 12.1 Å². The van der Waals surface area contributed by atoms with Crippen LogP contribution in [0.4, 0.5) is 0 Å². The summed E-state index contributed by atoms with van der Waals surface area (Å²) in [6, 6.07) is 4.80. The van der Waals surface area contributed by atoms with Crippen LogP contribution in [0.1, 0.15) is 5.56 Å². The third-order valence-electron chi connectivity index (χ3n) is 1.35. The predicted octanol–water partition coefficient (Wildman–Crippen LogP) is 1.52. The lowest BCUT2D eigenvalue weighted by Crippen LogP contribution is -2.06. The summed E-state index contributed by atoms with van der Waals surface area (Å²) < 4.78 is 0. The minimum Gasteiger partial charge on any atom is -0.508 e. The SMILES string of the molecule is ONCc1c(O)cccc1Cl. The van der Waals surface area contributed by atoms with Crippen LogP contribution in [0.25, 0.3) is 0 Å². The van der Waals surface area contributed by atoms with Gasteiger partial charge in [0.05, 0.1) is 6.54 Å². The van der Waals surface area contributed by atoms with Gasteiger partial charge >= 0.3 is 0 Å². The molecule has 0 aliphatic rings. The Labute approximate surface area is 69.2 Å². The highest BCUT2D eigenvalue weighted by atomic mass is 35.5. The van der Waals surface area contributed by atoms with Crippen LogP contribution < -0.4 is 5.48 Å². The molecule has 0 heterocycles. The van der Waals surface area contributed by atoms with Crippen LogP contribution >= 0.6 is 11.6 Å². The molecule has 0 unspecified atom stereocenters. The van der Waals surface area contributed by atoms with Crippen LogP contribution in [0.3, 0.4) is 0 Å². The Morgan fingerprint density at radius 3 is 2.73 bits per heavy atom. The molecule has 1 aromatic rings. The van der Waals surface area contributed by atoms with Crippen molar-refractivity contribution >= 4 is 11.6 Å². The average molecular weight is 174 g/mol. The van der Waals surface area contributed by atoms with E-state index >= 15 is 0 Å². The molecule has 0 amide bonds. The Balaban J connectivity index is 3.00. The molecule has 3 nitrogen and oxygen atoms in total. The lowest BCUT2D eigenvalue weighted by atomic mass is 10.2. The first-order valence-electron chi connectivity index (χ1n) is 3.09. The number of halogens is 1. The Morgan fingerprint density at radius 1 is 1.45 bits per heavy atom. The molecule has 0 aliphatic heterocycles. The molecule has 11 heavy (non-hydrogen) atoms. The number of hydrogen-bond donors (Lipinski definition) is 3. The summed E-state index contributed by atoms with van der Waals surface area (Å²) in [5.41, 5.74) is 2.42. The van der Waals surface area contributed by atoms with Crippen LogP contribution in [0.15, 0.2) is 18.2 Å². The zero-order valence-electron chi connectivity index (χ0n) is 5.71. The molecule has 0 aliphatic carbocycles. The zero-order chi connectivity index (χ0) is 8.27. The molecule has 60 valence electrons. The first kappa shape index (κ1) is 8.33. The van der Waals surface area contributed by atoms with E-state index in [2.05, 4.69) is 0 Å². The third kappa shape index (κ3) is 1.83. The predicted molar refractivity (Wildman–Crippen MR) is 41.7 cm³/mol. The smallest absolute Gasteiger partial charge is 0.121 e. The average Bonchev–Trinajstić information content (AvgIpc) is 1.97. The second-order valence-electron chi connectivity index (χ2n) is 2.07. The highest BCUT2D eigenvalue weighted by Crippen LogP contribution is 2.24. The second-order valence-corrected chi connectivity index (χ2v) is 2.48. The minimum atomic E-state index is 0.0825. The van der Waals surface area contributed by atoms with Gasteiger partial charge in [0.1, 0.15) is 5.75 Å². The summed E-state index contributed by atoms with van der Waals surface area (Å²) in [6.45, 7) is 0.144. The molecular weight excluding hydrogens is 166 g/mol. The van der Waals surface area contributed by atoms with Gasteiger partial charge in [-0.25, -0.2) is 5.48 Å². The topological polar surface area (TPSA) is 52.5 Å². The number of benzene rings is 1. The maximum Gasteiger partial charge on any atom is 0.121 e. The fraction of sp³-hybridized carbons (Fsp3) is 0.143. The standard InChI is InChI=1S/C7H8ClNO2/c8-6-2-1-3-7(10)5(6)4-9-11/h1-3,9-11H,4H2. The number of nitrogens with one attached hydrogen (secondary N) is 1. The summed E-state index contributed by atoms with van der Waals surface area (Å²) in [4.78, 5) is 0. The van der Waals surface area contributed by atoms with Crippen molar-refractivity contribution in [2.45, 2.75) is 6.54 Å². The number of hydroxylamine groups is 1. The number of aromatic hydroxyl groups is 1. The van der Waals surface area contributed by atoms with E-state index in [9.17, 15) is 5.11 Å². The molecule has 0 radical (unpaired) electrons. The highest BCUT2D eigenvalue weighted by Gasteiger charge is 2.03. The van der Waals surface area contributed by atoms with E-state index in [-0.39, 0.29) is 12.3 Å². The van der Waals surface area contributed by atoms with Crippen LogP contribution in [-0.2, 0) is 6.54 Å². The third-order valence-corrected chi connectivity index (χ3v) is 1.70. The van der Waals surface area contributed by atoms with Gasteiger partial charge in [-0.3, -0.25) is 0 Å². The van der Waals surface area contributed by atoms with Gasteiger partial charge in [0.15, 0.2) is 0 Å². The number of rotatable bonds is 2. The fourth-order valence-corrected chi connectivity index (χ4v) is 1.04. The summed E-state index contributed by atoms with van der Waals surface area (Å²) in [7, 11) is 0. The molecule has 0 fully saturated rings. The lowest BCUT2D eigenvalue weighted by molar-refractivity contribution is 0.160. The first-order valence-corrected chi connectivity index (χ1v) is 3.47. The molecule has 4 heteroatoms. The molecule has 0 bridgehead atoms. The number of phenolic OH excluding ortho intramolecular Hbond substituents is 1. The van der Waals surface area contributed by atoms with Crippen molar-refractivity contribution < 1.29 is 10.3 Å². The van der Waals surface area contributed by atoms with Crippen LogP contribution in [-0.4, -0.2) is 10.3 Å². The maximum atomic E-state index is 9.19. The van der Waals surface area contributed by atoms with Crippen molar-refractivity contribution in [3.8, 4) is 5.75 Å². The van der Waals surface area contributed by atoms with Crippen molar-refractivity contribution in [1.82, 2.24) is 5.48 Å². The molecule has 0 spiro atoms. The van der Waals surface area contributed by atoms with E-state index in [4.69, 9.17) is 16.8 Å². The minimum absolute atomic E-state index is 0.0825. The Morgan fingerprint density at radius 2 is 2.18 bits per heavy atom. The number of hydrogen-bond acceptors (Lipinski definition) is 3. The quantitative estimate of drug-likeness (QED) is 0.595. The van der Waals surface area contributed by atoms with E-state index in [1.165, 1.54) is 6.07 Å². The van der Waals surface area contributed by atoms with E-state index in [0.29, 0.717) is 10.6 Å². The van der Waals surface area contributed by atoms with Gasteiger partial charge in [-0.15, -0.1) is 0 Å². The fourth-order valence-electron chi connectivity index (χ4n) is 0.801. The van der Waals surface area contributed by atoms with Gasteiger partial charge in [0, 0.05) is 10.6 Å². The summed E-state index contributed by atoms with van der Waals surface area (Å²) >= 11 is 5.70. The molecule has 1 rings (SSSR count). The second kappa shape index (κ2) is 3.57. The van der Waals surface area contributed by atoms with Crippen molar-refractivity contribution in [2.75, 3.05) is 0 Å². The van der Waals surface area contributed by atoms with Gasteiger partial charge in [0.25, 0.3) is 0 Å². The normalized spacial score (nSPS) is 10.0. The van der Waals surface area contributed by atoms with Crippen molar-refractivity contribution in [2.24, 2.45) is 0 Å². The van der Waals surface area contributed by atoms with Crippen molar-refractivity contribution in [1.29, 1.82) is 0 Å². The van der Waals surface area contributed by atoms with Gasteiger partial charge in [-0.1, -0.05) is 17.7 Å². The Bertz CT molecular complexity index is 232. The molecular formula is C7H8ClNO2. The molecule has 0 saturated carbocycles. The monoisotopic (exact) mass is 173 g/mol. The molecule has 1 aromatic carbocycles. The largest absolute Gasteiger partial charge is 0.508 e. The summed E-state index contributed by atoms with van der Waals surface area (Å²) in [6.07, 6.45) is 0. The van der Waals surface area contributed by atoms with Crippen LogP contribution in [0, 0.1) is 0 Å². The van der Waals surface area contributed by atoms with E-state index in [0.717, 1.165) is 0 Å². The summed E-state index contributed by atoms with van der Waals surface area (Å²) in [5, 5.41) is 18.0. The van der Waals surface area contributed by atoms with Gasteiger partial charge in [-0.2, -0.15) is 0 Å². The Hall–Kier alpha value is -0.770. The lowest BCUT2D eigenvalue weighted by Gasteiger charge is -2.03. The highest BCUT2D eigenvalue weighted by molar-refractivity contribution is 6.31. The van der Waals surface area contributed by atoms with E-state index in [1.807, 2.05) is 5.48 Å². The van der Waals surface area contributed by atoms with Gasteiger partial charge in [0.2, 0.25) is 0 Å². The van der Waals surface area contributed by atoms with Crippen LogP contribution in [0.5, 0.6) is 5.75 Å². The van der Waals surface area contributed by atoms with E-state index < -0.39 is 0 Å². The zero-order valence-corrected chi connectivity index (χ0v) is 6.47. The molecule has 0 atom stereocenters. The first-order chi connectivity index (χ1) is 5.25. The van der Waals surface area contributed by atoms with Gasteiger partial charge in [-0.05, 0) is 12.1 Å². The summed E-state index contributed by atoms with van der Waals surface area (Å²) in [5.74, 6) is 0.0825. The number of phenols is 1. The van der Waals surface area contributed by atoms with Crippen LogP contribution in [0.2, 0.25) is 5.02 Å². The van der Waals surface area contributed by atoms with Crippen molar-refractivity contribution in [3.05, 3.63) is 28.8 Å². The molecule has 3 N–H and O–H groups in total. The molecule has 0 aromatic heterocycles. The Kier molecular flexibility index (Phi) is 2.70. The maximum absolute atomic E-state index is 9.19. The van der Waals surface area contributed by atoms with Gasteiger partial charge < -0.3 is 10.3 Å². The van der Waals surface area contributed by atoms with Crippen molar-refractivity contribution in [3.63, 3.8) is 0 Å². The molecule has 0 saturated heterocycles.